The Morgan fingerprint density at radius 3 is 1.15 bits per heavy atom. The van der Waals surface area contributed by atoms with Crippen LogP contribution in [-0.4, -0.2) is 85.1 Å². The second-order valence-electron chi connectivity index (χ2n) is 19.5. The molecule has 0 bridgehead atoms. The molecule has 0 aromatic heterocycles. The molecule has 0 spiro atoms. The van der Waals surface area contributed by atoms with Gasteiger partial charge in [-0.25, -0.2) is 52.7 Å². The predicted octanol–water partition coefficient (Wildman–Crippen LogP) is 17.9. The number of esters is 1. The van der Waals surface area contributed by atoms with E-state index in [2.05, 4.69) is 6.92 Å². The summed E-state index contributed by atoms with van der Waals surface area (Å²) in [6.07, 6.45) is -46.2. The van der Waals surface area contributed by atoms with Crippen LogP contribution in [0.4, 0.5) is 105 Å². The molecule has 7 unspecified atom stereocenters. The monoisotopic (exact) mass is 1220 g/mol. The summed E-state index contributed by atoms with van der Waals surface area (Å²) in [5.41, 5.74) is -42.6. The minimum Gasteiger partial charge on any atom is -0.426 e. The SMILES string of the molecule is CCCCCCCCC=CCCCCCCCC(=O)C(CC(O)CO)(C(=O)Oc1cc(C(F)(C(F)F)C(F)(F)F)cc(C(F)(C(F)F)C(F)(F)F)c1)C(CCCC)c1cc(C(F)(C(F)F)C(F)(F)F)cc(C(F)(C(F)F)C(F)(F)F)c1. The van der Waals surface area contributed by atoms with Gasteiger partial charge in [-0.15, -0.1) is 0 Å². The van der Waals surface area contributed by atoms with Crippen LogP contribution in [-0.2, 0) is 32.3 Å². The molecule has 7 atom stereocenters. The number of rotatable bonds is 34. The number of halogens is 24. The van der Waals surface area contributed by atoms with Crippen LogP contribution in [0.5, 0.6) is 5.75 Å². The zero-order valence-corrected chi connectivity index (χ0v) is 43.2. The molecule has 0 aliphatic carbocycles. The van der Waals surface area contributed by atoms with Crippen LogP contribution >= 0.6 is 0 Å². The molecular formula is C52H60F24O5. The zero-order chi connectivity index (χ0) is 62.4. The highest BCUT2D eigenvalue weighted by Crippen LogP contribution is 2.56. The van der Waals surface area contributed by atoms with Crippen molar-refractivity contribution in [3.63, 3.8) is 0 Å². The lowest BCUT2D eigenvalue weighted by atomic mass is 9.62. The first-order chi connectivity index (χ1) is 37.2. The van der Waals surface area contributed by atoms with Crippen molar-refractivity contribution >= 4 is 11.8 Å². The molecule has 466 valence electrons. The summed E-state index contributed by atoms with van der Waals surface area (Å²) in [6.45, 7) is 1.53. The van der Waals surface area contributed by atoms with E-state index in [-0.39, 0.29) is 19.3 Å². The van der Waals surface area contributed by atoms with E-state index in [0.717, 1.165) is 44.9 Å². The Kier molecular flexibility index (Phi) is 26.4. The quantitative estimate of drug-likeness (QED) is 0.0182. The molecule has 0 saturated heterocycles. The van der Waals surface area contributed by atoms with Crippen molar-refractivity contribution < 1.29 is 130 Å². The summed E-state index contributed by atoms with van der Waals surface area (Å²) in [4.78, 5) is 30.0. The minimum atomic E-state index is -7.01. The number of ketones is 1. The lowest BCUT2D eigenvalue weighted by molar-refractivity contribution is -0.277. The average molecular weight is 1220 g/mol. The van der Waals surface area contributed by atoms with Crippen molar-refractivity contribution in [1.29, 1.82) is 0 Å². The maximum Gasteiger partial charge on any atom is 0.432 e. The van der Waals surface area contributed by atoms with Gasteiger partial charge in [0, 0.05) is 34.6 Å². The van der Waals surface area contributed by atoms with Crippen LogP contribution < -0.4 is 4.74 Å². The first kappa shape index (κ1) is 72.7. The van der Waals surface area contributed by atoms with Crippen LogP contribution in [0.15, 0.2) is 48.6 Å². The van der Waals surface area contributed by atoms with Gasteiger partial charge < -0.3 is 14.9 Å². The Hall–Kier alpha value is -4.44. The Morgan fingerprint density at radius 1 is 0.481 bits per heavy atom. The summed E-state index contributed by atoms with van der Waals surface area (Å²) in [5.74, 6) is -9.92. The second-order valence-corrected chi connectivity index (χ2v) is 19.5. The van der Waals surface area contributed by atoms with Crippen LogP contribution in [0.1, 0.15) is 163 Å². The molecule has 81 heavy (non-hydrogen) atoms. The van der Waals surface area contributed by atoms with E-state index in [1.54, 1.807) is 0 Å². The van der Waals surface area contributed by atoms with E-state index < -0.39 is 211 Å². The molecule has 0 amide bonds. The molecule has 0 radical (unpaired) electrons. The molecule has 0 saturated carbocycles. The largest absolute Gasteiger partial charge is 0.432 e. The zero-order valence-electron chi connectivity index (χ0n) is 43.2. The number of ether oxygens (including phenoxy) is 1. The van der Waals surface area contributed by atoms with Gasteiger partial charge in [0.15, 0.2) is 5.78 Å². The predicted molar refractivity (Wildman–Crippen MR) is 245 cm³/mol. The number of carbonyl (C=O) groups excluding carboxylic acids is 2. The van der Waals surface area contributed by atoms with Gasteiger partial charge in [0.2, 0.25) is 0 Å². The maximum atomic E-state index is 16.0. The first-order valence-electron chi connectivity index (χ1n) is 25.4. The van der Waals surface area contributed by atoms with E-state index in [1.807, 2.05) is 12.2 Å². The summed E-state index contributed by atoms with van der Waals surface area (Å²) in [6, 6.07) is -4.83. The lowest BCUT2D eigenvalue weighted by Gasteiger charge is -2.40. The van der Waals surface area contributed by atoms with Crippen LogP contribution in [0.25, 0.3) is 0 Å². The topological polar surface area (TPSA) is 83.8 Å². The lowest BCUT2D eigenvalue weighted by Crippen LogP contribution is -2.50. The summed E-state index contributed by atoms with van der Waals surface area (Å²) < 4.78 is 354. The molecule has 0 aliphatic rings. The number of aliphatic hydroxyl groups is 2. The fourth-order valence-electron chi connectivity index (χ4n) is 9.11. The van der Waals surface area contributed by atoms with Crippen molar-refractivity contribution in [2.24, 2.45) is 5.41 Å². The van der Waals surface area contributed by atoms with Crippen LogP contribution in [0.3, 0.4) is 0 Å². The van der Waals surface area contributed by atoms with E-state index in [4.69, 9.17) is 4.74 Å². The van der Waals surface area contributed by atoms with E-state index >= 15 is 22.4 Å². The van der Waals surface area contributed by atoms with Crippen molar-refractivity contribution in [3.8, 4) is 5.75 Å². The Bertz CT molecular complexity index is 2220. The van der Waals surface area contributed by atoms with E-state index in [1.165, 1.54) is 6.92 Å². The highest BCUT2D eigenvalue weighted by atomic mass is 19.4. The number of unbranched alkanes of at least 4 members (excludes halogenated alkanes) is 12. The van der Waals surface area contributed by atoms with Crippen molar-refractivity contribution in [2.75, 3.05) is 6.61 Å². The first-order valence-corrected chi connectivity index (χ1v) is 25.4. The van der Waals surface area contributed by atoms with Gasteiger partial charge in [0.05, 0.1) is 12.7 Å². The second kappa shape index (κ2) is 29.4. The van der Waals surface area contributed by atoms with Gasteiger partial charge in [-0.05, 0) is 74.8 Å². The standard InChI is InChI=1S/C52H60F24O5/c1-3-5-7-8-9-10-11-12-13-14-15-16-17-18-19-21-38(79)44(28-35(78)29-77,43(80)81-36-26-33(47(63,41(57)58)51(71,72)73)25-34(27-36)48(64,42(59)60)52(74,75)76)37(20-6-4-2)30-22-31(45(61,39(53)54)49(65,66)67)24-32(23-30)46(62,40(55)56)50(68,69)70/h12-13,22-27,35,37,39-42,77-78H,3-11,14-21,28-29H2,1-2H3. The molecule has 0 fully saturated rings. The highest BCUT2D eigenvalue weighted by Gasteiger charge is 2.69. The normalized spacial score (nSPS) is 17.7. The number of benzene rings is 2. The number of allylic oxidation sites excluding steroid dienone is 2. The van der Waals surface area contributed by atoms with Gasteiger partial charge in [0.25, 0.3) is 48.4 Å². The molecule has 2 aromatic carbocycles. The third-order valence-electron chi connectivity index (χ3n) is 13.7. The molecule has 29 heteroatoms. The number of hydrogen-bond acceptors (Lipinski definition) is 5. The third kappa shape index (κ3) is 16.5. The van der Waals surface area contributed by atoms with Crippen LogP contribution in [0, 0.1) is 5.41 Å². The van der Waals surface area contributed by atoms with Crippen molar-refractivity contribution in [1.82, 2.24) is 0 Å². The van der Waals surface area contributed by atoms with Crippen LogP contribution in [0.2, 0.25) is 0 Å². The van der Waals surface area contributed by atoms with Gasteiger partial charge in [-0.2, -0.15) is 52.7 Å². The number of carbonyl (C=O) groups is 2. The average Bonchev–Trinajstić information content (AvgIpc) is 3.36. The van der Waals surface area contributed by atoms with Crippen molar-refractivity contribution in [3.05, 3.63) is 76.4 Å². The number of Topliss-reactive ketones (excluding diaryl/α,β-unsaturated/α-hetero) is 1. The smallest absolute Gasteiger partial charge is 0.426 e. The summed E-state index contributed by atoms with van der Waals surface area (Å²) in [5, 5.41) is 21.0. The number of hydrogen-bond donors (Lipinski definition) is 2. The summed E-state index contributed by atoms with van der Waals surface area (Å²) in [7, 11) is 0. The van der Waals surface area contributed by atoms with Gasteiger partial charge in [-0.1, -0.05) is 102 Å². The Morgan fingerprint density at radius 2 is 0.815 bits per heavy atom. The highest BCUT2D eigenvalue weighted by molar-refractivity contribution is 6.05. The van der Waals surface area contributed by atoms with E-state index in [0.29, 0.717) is 19.3 Å². The molecule has 2 aromatic rings. The van der Waals surface area contributed by atoms with Gasteiger partial charge in [0.1, 0.15) is 11.2 Å². The fourth-order valence-corrected chi connectivity index (χ4v) is 9.11. The minimum absolute atomic E-state index is 0.0897. The third-order valence-corrected chi connectivity index (χ3v) is 13.7. The Balaban J connectivity index is 3.24. The number of alkyl halides is 24. The molecular weight excluding hydrogens is 1160 g/mol. The maximum absolute atomic E-state index is 16.0. The van der Waals surface area contributed by atoms with E-state index in [9.17, 15) is 103 Å². The molecule has 2 rings (SSSR count). The molecule has 0 heterocycles. The molecule has 5 nitrogen and oxygen atoms in total. The molecule has 2 N–H and O–H groups in total. The van der Waals surface area contributed by atoms with Gasteiger partial charge >= 0.3 is 30.7 Å². The fraction of sp³-hybridized carbons (Fsp3) is 0.692. The number of aliphatic hydroxyl groups excluding tert-OH is 2. The Labute approximate surface area is 449 Å². The molecule has 0 aliphatic heterocycles. The van der Waals surface area contributed by atoms with Crippen molar-refractivity contribution in [2.45, 2.75) is 215 Å². The summed E-state index contributed by atoms with van der Waals surface area (Å²) >= 11 is 0. The van der Waals surface area contributed by atoms with Gasteiger partial charge in [-0.3, -0.25) is 9.59 Å².